The first-order valence-electron chi connectivity index (χ1n) is 6.00. The summed E-state index contributed by atoms with van der Waals surface area (Å²) in [6.07, 6.45) is 5.19. The van der Waals surface area contributed by atoms with Crippen LogP contribution < -0.4 is 0 Å². The molecule has 1 rings (SSSR count). The number of carboxylic acids is 1. The van der Waals surface area contributed by atoms with Crippen LogP contribution in [-0.2, 0) is 16.1 Å². The van der Waals surface area contributed by atoms with E-state index in [2.05, 4.69) is 4.98 Å². The monoisotopic (exact) mass is 272 g/mol. The van der Waals surface area contributed by atoms with Gasteiger partial charge in [0.2, 0.25) is 0 Å². The number of unbranched alkanes of at least 4 members (excludes halogenated alkanes) is 2. The number of aromatic nitrogens is 2. The van der Waals surface area contributed by atoms with E-state index in [9.17, 15) is 4.79 Å². The molecule has 0 aliphatic heterocycles. The molecule has 102 valence electrons. The Bertz CT molecular complexity index is 379. The highest BCUT2D eigenvalue weighted by Crippen LogP contribution is 2.18. The first kappa shape index (κ1) is 15.0. The smallest absolute Gasteiger partial charge is 0.313 e. The van der Waals surface area contributed by atoms with Gasteiger partial charge in [0.15, 0.2) is 5.16 Å². The van der Waals surface area contributed by atoms with Crippen molar-refractivity contribution in [3.05, 3.63) is 11.9 Å². The second kappa shape index (κ2) is 8.16. The van der Waals surface area contributed by atoms with Crippen LogP contribution in [-0.4, -0.2) is 40.1 Å². The SMILES string of the molecule is COCCCCCn1cc(C)nc1SCC(=O)O. The molecule has 18 heavy (non-hydrogen) atoms. The summed E-state index contributed by atoms with van der Waals surface area (Å²) in [5.41, 5.74) is 0.930. The highest BCUT2D eigenvalue weighted by Gasteiger charge is 2.08. The maximum atomic E-state index is 10.6. The minimum Gasteiger partial charge on any atom is -0.481 e. The van der Waals surface area contributed by atoms with Gasteiger partial charge in [-0.3, -0.25) is 4.79 Å². The Morgan fingerprint density at radius 1 is 1.50 bits per heavy atom. The van der Waals surface area contributed by atoms with Gasteiger partial charge >= 0.3 is 5.97 Å². The van der Waals surface area contributed by atoms with Crippen molar-refractivity contribution >= 4 is 17.7 Å². The number of methoxy groups -OCH3 is 1. The summed E-state index contributed by atoms with van der Waals surface area (Å²) < 4.78 is 7.04. The molecule has 0 amide bonds. The van der Waals surface area contributed by atoms with Crippen LogP contribution >= 0.6 is 11.8 Å². The maximum Gasteiger partial charge on any atom is 0.313 e. The van der Waals surface area contributed by atoms with E-state index in [0.717, 1.165) is 43.3 Å². The summed E-state index contributed by atoms with van der Waals surface area (Å²) in [4.78, 5) is 14.9. The van der Waals surface area contributed by atoms with Gasteiger partial charge in [0.05, 0.1) is 11.4 Å². The van der Waals surface area contributed by atoms with Crippen LogP contribution in [0, 0.1) is 6.92 Å². The molecule has 0 aromatic carbocycles. The number of aryl methyl sites for hydroxylation is 2. The lowest BCUT2D eigenvalue weighted by molar-refractivity contribution is -0.133. The topological polar surface area (TPSA) is 64.4 Å². The van der Waals surface area contributed by atoms with Gasteiger partial charge in [0, 0.05) is 26.5 Å². The van der Waals surface area contributed by atoms with Gasteiger partial charge in [-0.05, 0) is 26.2 Å². The number of carboxylic acid groups (broad SMARTS) is 1. The molecule has 1 aromatic rings. The molecule has 0 atom stereocenters. The lowest BCUT2D eigenvalue weighted by Gasteiger charge is -2.06. The average Bonchev–Trinajstić information content (AvgIpc) is 2.67. The molecular formula is C12H20N2O3S. The highest BCUT2D eigenvalue weighted by molar-refractivity contribution is 7.99. The van der Waals surface area contributed by atoms with E-state index in [-0.39, 0.29) is 5.75 Å². The van der Waals surface area contributed by atoms with Crippen LogP contribution in [0.2, 0.25) is 0 Å². The van der Waals surface area contributed by atoms with Gasteiger partial charge in [-0.15, -0.1) is 0 Å². The van der Waals surface area contributed by atoms with Crippen LogP contribution in [0.1, 0.15) is 25.0 Å². The normalized spacial score (nSPS) is 10.8. The van der Waals surface area contributed by atoms with E-state index < -0.39 is 5.97 Å². The van der Waals surface area contributed by atoms with E-state index >= 15 is 0 Å². The number of rotatable bonds is 9. The maximum absolute atomic E-state index is 10.6. The fourth-order valence-electron chi connectivity index (χ4n) is 1.63. The van der Waals surface area contributed by atoms with Crippen molar-refractivity contribution in [3.8, 4) is 0 Å². The third-order valence-electron chi connectivity index (χ3n) is 2.43. The molecule has 0 spiro atoms. The summed E-state index contributed by atoms with van der Waals surface area (Å²) >= 11 is 1.27. The summed E-state index contributed by atoms with van der Waals surface area (Å²) in [7, 11) is 1.71. The molecule has 0 unspecified atom stereocenters. The fourth-order valence-corrected chi connectivity index (χ4v) is 2.40. The largest absolute Gasteiger partial charge is 0.481 e. The molecule has 1 heterocycles. The van der Waals surface area contributed by atoms with Crippen molar-refractivity contribution < 1.29 is 14.6 Å². The molecular weight excluding hydrogens is 252 g/mol. The minimum atomic E-state index is -0.813. The second-order valence-electron chi connectivity index (χ2n) is 4.09. The van der Waals surface area contributed by atoms with Crippen molar-refractivity contribution in [2.24, 2.45) is 0 Å². The Morgan fingerprint density at radius 2 is 2.28 bits per heavy atom. The van der Waals surface area contributed by atoms with Gasteiger partial charge < -0.3 is 14.4 Å². The average molecular weight is 272 g/mol. The third-order valence-corrected chi connectivity index (χ3v) is 3.41. The Balaban J connectivity index is 2.40. The Morgan fingerprint density at radius 3 is 2.94 bits per heavy atom. The zero-order valence-electron chi connectivity index (χ0n) is 10.9. The molecule has 0 radical (unpaired) electrons. The van der Waals surface area contributed by atoms with Crippen molar-refractivity contribution in [1.29, 1.82) is 0 Å². The molecule has 5 nitrogen and oxygen atoms in total. The number of aliphatic carboxylic acids is 1. The van der Waals surface area contributed by atoms with Crippen molar-refractivity contribution in [3.63, 3.8) is 0 Å². The summed E-state index contributed by atoms with van der Waals surface area (Å²) in [5, 5.41) is 9.47. The number of hydrogen-bond acceptors (Lipinski definition) is 4. The molecule has 0 bridgehead atoms. The molecule has 0 aliphatic carbocycles. The molecule has 0 saturated carbocycles. The molecule has 1 aromatic heterocycles. The molecule has 0 fully saturated rings. The van der Waals surface area contributed by atoms with Crippen LogP contribution in [0.3, 0.4) is 0 Å². The molecule has 6 heteroatoms. The van der Waals surface area contributed by atoms with Crippen molar-refractivity contribution in [1.82, 2.24) is 9.55 Å². The van der Waals surface area contributed by atoms with Crippen LogP contribution in [0.25, 0.3) is 0 Å². The van der Waals surface area contributed by atoms with E-state index in [1.165, 1.54) is 11.8 Å². The standard InChI is InChI=1S/C12H20N2O3S/c1-10-8-14(6-4-3-5-7-17-2)12(13-10)18-9-11(15)16/h8H,3-7,9H2,1-2H3,(H,15,16). The van der Waals surface area contributed by atoms with Crippen molar-refractivity contribution in [2.75, 3.05) is 19.5 Å². The lowest BCUT2D eigenvalue weighted by atomic mass is 10.2. The van der Waals surface area contributed by atoms with E-state index in [0.29, 0.717) is 0 Å². The number of nitrogens with zero attached hydrogens (tertiary/aromatic N) is 2. The summed E-state index contributed by atoms with van der Waals surface area (Å²) in [6.45, 7) is 3.60. The number of hydrogen-bond donors (Lipinski definition) is 1. The van der Waals surface area contributed by atoms with Gasteiger partial charge in [-0.1, -0.05) is 11.8 Å². The fraction of sp³-hybridized carbons (Fsp3) is 0.667. The van der Waals surface area contributed by atoms with E-state index in [1.54, 1.807) is 7.11 Å². The van der Waals surface area contributed by atoms with E-state index in [4.69, 9.17) is 9.84 Å². The van der Waals surface area contributed by atoms with Crippen molar-refractivity contribution in [2.45, 2.75) is 37.9 Å². The molecule has 0 saturated heterocycles. The highest BCUT2D eigenvalue weighted by atomic mass is 32.2. The van der Waals surface area contributed by atoms with Gasteiger partial charge in [0.1, 0.15) is 0 Å². The zero-order valence-corrected chi connectivity index (χ0v) is 11.7. The number of carbonyl (C=O) groups is 1. The quantitative estimate of drug-likeness (QED) is 0.551. The Kier molecular flexibility index (Phi) is 6.82. The van der Waals surface area contributed by atoms with Gasteiger partial charge in [-0.2, -0.15) is 0 Å². The molecule has 1 N–H and O–H groups in total. The summed E-state index contributed by atoms with van der Waals surface area (Å²) in [5.74, 6) is -0.757. The van der Waals surface area contributed by atoms with Crippen LogP contribution in [0.15, 0.2) is 11.4 Å². The Hall–Kier alpha value is -1.01. The first-order valence-corrected chi connectivity index (χ1v) is 6.99. The third kappa shape index (κ3) is 5.55. The predicted molar refractivity (Wildman–Crippen MR) is 71.1 cm³/mol. The Labute approximate surface area is 112 Å². The minimum absolute atomic E-state index is 0.0557. The van der Waals surface area contributed by atoms with E-state index in [1.807, 2.05) is 17.7 Å². The zero-order chi connectivity index (χ0) is 13.4. The van der Waals surface area contributed by atoms with Gasteiger partial charge in [-0.25, -0.2) is 4.98 Å². The number of thioether (sulfide) groups is 1. The predicted octanol–water partition coefficient (Wildman–Crippen LogP) is 2.18. The number of ether oxygens (including phenoxy) is 1. The first-order chi connectivity index (χ1) is 8.63. The van der Waals surface area contributed by atoms with Crippen LogP contribution in [0.4, 0.5) is 0 Å². The second-order valence-corrected chi connectivity index (χ2v) is 5.04. The van der Waals surface area contributed by atoms with Crippen LogP contribution in [0.5, 0.6) is 0 Å². The van der Waals surface area contributed by atoms with Gasteiger partial charge in [0.25, 0.3) is 0 Å². The summed E-state index contributed by atoms with van der Waals surface area (Å²) in [6, 6.07) is 0. The molecule has 0 aliphatic rings. The number of imidazole rings is 1. The lowest BCUT2D eigenvalue weighted by Crippen LogP contribution is -2.03.